The number of hydrogen-bond acceptors (Lipinski definition) is 2. The standard InChI is InChI=1S/C16H25NO/c1-11(2)15(10-17)16(18)14-8-4-7-13(9-14)12-5-3-6-12/h4,7-9,11-12,15-16,18H,3,5-6,10,17H2,1-2H3. The van der Waals surface area contributed by atoms with E-state index in [1.807, 2.05) is 6.07 Å². The molecule has 1 saturated carbocycles. The molecule has 1 aromatic carbocycles. The lowest BCUT2D eigenvalue weighted by Crippen LogP contribution is -2.26. The third kappa shape index (κ3) is 2.76. The van der Waals surface area contributed by atoms with E-state index in [0.717, 1.165) is 5.56 Å². The van der Waals surface area contributed by atoms with Gasteiger partial charge in [0.2, 0.25) is 0 Å². The van der Waals surface area contributed by atoms with Crippen molar-refractivity contribution < 1.29 is 5.11 Å². The first kappa shape index (κ1) is 13.6. The first-order chi connectivity index (χ1) is 8.63. The molecule has 0 saturated heterocycles. The molecule has 0 heterocycles. The summed E-state index contributed by atoms with van der Waals surface area (Å²) in [6.45, 7) is 4.78. The van der Waals surface area contributed by atoms with Gasteiger partial charge < -0.3 is 10.8 Å². The molecule has 1 fully saturated rings. The number of benzene rings is 1. The highest BCUT2D eigenvalue weighted by Gasteiger charge is 2.24. The number of hydrogen-bond donors (Lipinski definition) is 2. The fourth-order valence-electron chi connectivity index (χ4n) is 2.75. The van der Waals surface area contributed by atoms with Crippen LogP contribution in [0.4, 0.5) is 0 Å². The molecule has 0 aromatic heterocycles. The van der Waals surface area contributed by atoms with Gasteiger partial charge in [0.15, 0.2) is 0 Å². The zero-order valence-corrected chi connectivity index (χ0v) is 11.5. The quantitative estimate of drug-likeness (QED) is 0.839. The normalized spacial score (nSPS) is 19.6. The van der Waals surface area contributed by atoms with Crippen molar-refractivity contribution >= 4 is 0 Å². The van der Waals surface area contributed by atoms with E-state index in [2.05, 4.69) is 32.0 Å². The van der Waals surface area contributed by atoms with Crippen molar-refractivity contribution in [2.45, 2.75) is 45.1 Å². The molecule has 0 aliphatic heterocycles. The lowest BCUT2D eigenvalue weighted by atomic mass is 9.78. The maximum Gasteiger partial charge on any atom is 0.0832 e. The van der Waals surface area contributed by atoms with Crippen LogP contribution < -0.4 is 5.73 Å². The fourth-order valence-corrected chi connectivity index (χ4v) is 2.75. The summed E-state index contributed by atoms with van der Waals surface area (Å²) in [7, 11) is 0. The molecule has 18 heavy (non-hydrogen) atoms. The van der Waals surface area contributed by atoms with Crippen molar-refractivity contribution in [3.8, 4) is 0 Å². The first-order valence-corrected chi connectivity index (χ1v) is 7.11. The molecule has 2 atom stereocenters. The highest BCUT2D eigenvalue weighted by Crippen LogP contribution is 2.37. The second-order valence-corrected chi connectivity index (χ2v) is 5.89. The van der Waals surface area contributed by atoms with E-state index in [0.29, 0.717) is 18.4 Å². The topological polar surface area (TPSA) is 46.2 Å². The van der Waals surface area contributed by atoms with Crippen LogP contribution in [-0.4, -0.2) is 11.7 Å². The number of aliphatic hydroxyl groups is 1. The Morgan fingerprint density at radius 1 is 1.33 bits per heavy atom. The zero-order valence-electron chi connectivity index (χ0n) is 11.5. The number of nitrogens with two attached hydrogens (primary N) is 1. The van der Waals surface area contributed by atoms with Gasteiger partial charge in [0.1, 0.15) is 0 Å². The third-order valence-corrected chi connectivity index (χ3v) is 4.36. The Morgan fingerprint density at radius 2 is 2.06 bits per heavy atom. The molecule has 0 amide bonds. The van der Waals surface area contributed by atoms with Crippen molar-refractivity contribution in [2.75, 3.05) is 6.54 Å². The Hall–Kier alpha value is -0.860. The molecular weight excluding hydrogens is 222 g/mol. The largest absolute Gasteiger partial charge is 0.388 e. The summed E-state index contributed by atoms with van der Waals surface area (Å²) in [4.78, 5) is 0. The molecule has 0 bridgehead atoms. The molecule has 1 aliphatic carbocycles. The van der Waals surface area contributed by atoms with E-state index in [9.17, 15) is 5.11 Å². The van der Waals surface area contributed by atoms with Gasteiger partial charge in [-0.25, -0.2) is 0 Å². The van der Waals surface area contributed by atoms with Gasteiger partial charge in [0.05, 0.1) is 6.10 Å². The van der Waals surface area contributed by atoms with Crippen LogP contribution in [0.1, 0.15) is 56.3 Å². The third-order valence-electron chi connectivity index (χ3n) is 4.36. The minimum atomic E-state index is -0.435. The Kier molecular flexibility index (Phi) is 4.41. The number of rotatable bonds is 5. The summed E-state index contributed by atoms with van der Waals surface area (Å²) in [6, 6.07) is 8.46. The molecule has 2 unspecified atom stereocenters. The van der Waals surface area contributed by atoms with Crippen LogP contribution in [-0.2, 0) is 0 Å². The SMILES string of the molecule is CC(C)C(CN)C(O)c1cccc(C2CCC2)c1. The van der Waals surface area contributed by atoms with E-state index < -0.39 is 6.10 Å². The Bertz CT molecular complexity index is 384. The molecule has 2 heteroatoms. The fraction of sp³-hybridized carbons (Fsp3) is 0.625. The van der Waals surface area contributed by atoms with E-state index in [1.54, 1.807) is 0 Å². The van der Waals surface area contributed by atoms with Gasteiger partial charge in [-0.15, -0.1) is 0 Å². The lowest BCUT2D eigenvalue weighted by Gasteiger charge is -2.28. The zero-order chi connectivity index (χ0) is 13.1. The maximum absolute atomic E-state index is 10.5. The van der Waals surface area contributed by atoms with Crippen LogP contribution in [0, 0.1) is 11.8 Å². The van der Waals surface area contributed by atoms with Gasteiger partial charge >= 0.3 is 0 Å². The predicted octanol–water partition coefficient (Wildman–Crippen LogP) is 3.22. The minimum Gasteiger partial charge on any atom is -0.388 e. The Labute approximate surface area is 110 Å². The van der Waals surface area contributed by atoms with Crippen molar-refractivity contribution in [1.29, 1.82) is 0 Å². The Morgan fingerprint density at radius 3 is 2.56 bits per heavy atom. The molecule has 2 rings (SSSR count). The van der Waals surface area contributed by atoms with Crippen molar-refractivity contribution in [3.63, 3.8) is 0 Å². The molecule has 1 aromatic rings. The highest BCUT2D eigenvalue weighted by atomic mass is 16.3. The second kappa shape index (κ2) is 5.85. The van der Waals surface area contributed by atoms with Crippen LogP contribution in [0.25, 0.3) is 0 Å². The van der Waals surface area contributed by atoms with Crippen LogP contribution >= 0.6 is 0 Å². The Balaban J connectivity index is 2.16. The summed E-state index contributed by atoms with van der Waals surface area (Å²) in [5, 5.41) is 10.5. The highest BCUT2D eigenvalue weighted by molar-refractivity contribution is 5.29. The monoisotopic (exact) mass is 247 g/mol. The lowest BCUT2D eigenvalue weighted by molar-refractivity contribution is 0.0860. The molecule has 0 radical (unpaired) electrons. The van der Waals surface area contributed by atoms with E-state index in [4.69, 9.17) is 5.73 Å². The molecule has 2 nitrogen and oxygen atoms in total. The van der Waals surface area contributed by atoms with E-state index >= 15 is 0 Å². The minimum absolute atomic E-state index is 0.140. The summed E-state index contributed by atoms with van der Waals surface area (Å²) >= 11 is 0. The summed E-state index contributed by atoms with van der Waals surface area (Å²) in [5.74, 6) is 1.26. The van der Waals surface area contributed by atoms with Crippen molar-refractivity contribution in [3.05, 3.63) is 35.4 Å². The first-order valence-electron chi connectivity index (χ1n) is 7.11. The second-order valence-electron chi connectivity index (χ2n) is 5.89. The van der Waals surface area contributed by atoms with Crippen molar-refractivity contribution in [2.24, 2.45) is 17.6 Å². The number of aliphatic hydroxyl groups excluding tert-OH is 1. The summed E-state index contributed by atoms with van der Waals surface area (Å²) < 4.78 is 0. The predicted molar refractivity (Wildman–Crippen MR) is 75.4 cm³/mol. The smallest absolute Gasteiger partial charge is 0.0832 e. The average Bonchev–Trinajstić information content (AvgIpc) is 2.27. The molecule has 0 spiro atoms. The van der Waals surface area contributed by atoms with Crippen LogP contribution in [0.3, 0.4) is 0 Å². The van der Waals surface area contributed by atoms with Gasteiger partial charge in [-0.3, -0.25) is 0 Å². The van der Waals surface area contributed by atoms with Gasteiger partial charge in [0, 0.05) is 5.92 Å². The van der Waals surface area contributed by atoms with Gasteiger partial charge in [-0.2, -0.15) is 0 Å². The summed E-state index contributed by atoms with van der Waals surface area (Å²) in [6.07, 6.45) is 3.50. The molecular formula is C16H25NO. The average molecular weight is 247 g/mol. The van der Waals surface area contributed by atoms with E-state index in [-0.39, 0.29) is 5.92 Å². The van der Waals surface area contributed by atoms with Gasteiger partial charge in [-0.05, 0) is 42.3 Å². The van der Waals surface area contributed by atoms with E-state index in [1.165, 1.54) is 24.8 Å². The molecule has 3 N–H and O–H groups in total. The van der Waals surface area contributed by atoms with Gasteiger partial charge in [-0.1, -0.05) is 44.5 Å². The summed E-state index contributed by atoms with van der Waals surface area (Å²) in [5.41, 5.74) is 8.20. The maximum atomic E-state index is 10.5. The van der Waals surface area contributed by atoms with Crippen molar-refractivity contribution in [1.82, 2.24) is 0 Å². The van der Waals surface area contributed by atoms with Gasteiger partial charge in [0.25, 0.3) is 0 Å². The van der Waals surface area contributed by atoms with Crippen LogP contribution in [0.5, 0.6) is 0 Å². The van der Waals surface area contributed by atoms with Crippen LogP contribution in [0.15, 0.2) is 24.3 Å². The van der Waals surface area contributed by atoms with Crippen LogP contribution in [0.2, 0.25) is 0 Å². The molecule has 100 valence electrons. The molecule has 1 aliphatic rings.